The number of carbonyl (C=O) groups is 1. The third-order valence-corrected chi connectivity index (χ3v) is 2.00. The van der Waals surface area contributed by atoms with Crippen LogP contribution in [0.15, 0.2) is 6.07 Å². The fourth-order valence-electron chi connectivity index (χ4n) is 1.26. The van der Waals surface area contributed by atoms with Crippen molar-refractivity contribution >= 4 is 11.8 Å². The maximum absolute atomic E-state index is 13.6. The molecule has 0 aliphatic carbocycles. The number of phenols is 1. The topological polar surface area (TPSA) is 58.6 Å². The van der Waals surface area contributed by atoms with Crippen molar-refractivity contribution in [1.29, 1.82) is 0 Å². The Balaban J connectivity index is 3.01. The van der Waals surface area contributed by atoms with Gasteiger partial charge in [-0.2, -0.15) is 0 Å². The summed E-state index contributed by atoms with van der Waals surface area (Å²) in [6, 6.07) is 0.838. The number of aromatic hydroxyl groups is 1. The largest absolute Gasteiger partial charge is 0.503 e. The van der Waals surface area contributed by atoms with E-state index in [9.17, 15) is 18.7 Å². The first-order valence-corrected chi connectivity index (χ1v) is 5.29. The third kappa shape index (κ3) is 3.32. The van der Waals surface area contributed by atoms with Crippen LogP contribution in [0.1, 0.15) is 26.3 Å². The molecule has 0 saturated heterocycles. The van der Waals surface area contributed by atoms with Crippen LogP contribution in [0.2, 0.25) is 0 Å². The van der Waals surface area contributed by atoms with Gasteiger partial charge in [0.15, 0.2) is 17.4 Å². The molecule has 0 atom stereocenters. The van der Waals surface area contributed by atoms with Crippen LogP contribution < -0.4 is 5.32 Å². The van der Waals surface area contributed by atoms with Gasteiger partial charge in [-0.05, 0) is 39.3 Å². The van der Waals surface area contributed by atoms with E-state index in [1.165, 1.54) is 6.92 Å². The van der Waals surface area contributed by atoms with Gasteiger partial charge in [-0.15, -0.1) is 0 Å². The molecule has 18 heavy (non-hydrogen) atoms. The molecule has 0 saturated carbocycles. The van der Waals surface area contributed by atoms with Crippen molar-refractivity contribution in [2.75, 3.05) is 5.32 Å². The Hall–Kier alpha value is -1.85. The van der Waals surface area contributed by atoms with Gasteiger partial charge in [-0.1, -0.05) is 0 Å². The van der Waals surface area contributed by atoms with Crippen LogP contribution in [0.3, 0.4) is 0 Å². The SMILES string of the molecule is Cc1cc(F)c(O)c(NC(=O)OC(C)(C)C)c1F. The van der Waals surface area contributed by atoms with Gasteiger partial charge in [0, 0.05) is 0 Å². The molecule has 0 aliphatic heterocycles. The number of carbonyl (C=O) groups excluding carboxylic acids is 1. The van der Waals surface area contributed by atoms with Crippen molar-refractivity contribution in [3.8, 4) is 5.75 Å². The average Bonchev–Trinajstić information content (AvgIpc) is 2.19. The monoisotopic (exact) mass is 259 g/mol. The molecule has 1 aromatic rings. The van der Waals surface area contributed by atoms with Crippen LogP contribution in [-0.4, -0.2) is 16.8 Å². The van der Waals surface area contributed by atoms with E-state index in [0.29, 0.717) is 0 Å². The van der Waals surface area contributed by atoms with Crippen molar-refractivity contribution in [2.45, 2.75) is 33.3 Å². The number of benzene rings is 1. The van der Waals surface area contributed by atoms with E-state index in [1.807, 2.05) is 5.32 Å². The van der Waals surface area contributed by atoms with Gasteiger partial charge in [-0.25, -0.2) is 13.6 Å². The van der Waals surface area contributed by atoms with Crippen molar-refractivity contribution < 1.29 is 23.4 Å². The first kappa shape index (κ1) is 14.2. The van der Waals surface area contributed by atoms with Crippen molar-refractivity contribution in [2.24, 2.45) is 0 Å². The van der Waals surface area contributed by atoms with Gasteiger partial charge in [0.25, 0.3) is 0 Å². The number of phenolic OH excluding ortho intramolecular Hbond substituents is 1. The highest BCUT2D eigenvalue weighted by Crippen LogP contribution is 2.32. The fourth-order valence-corrected chi connectivity index (χ4v) is 1.26. The number of amides is 1. The molecule has 1 aromatic carbocycles. The Morgan fingerprint density at radius 3 is 2.44 bits per heavy atom. The van der Waals surface area contributed by atoms with Crippen LogP contribution in [0.25, 0.3) is 0 Å². The van der Waals surface area contributed by atoms with E-state index < -0.39 is 34.8 Å². The lowest BCUT2D eigenvalue weighted by Crippen LogP contribution is -2.27. The minimum atomic E-state index is -1.01. The summed E-state index contributed by atoms with van der Waals surface area (Å²) in [5, 5.41) is 11.4. The van der Waals surface area contributed by atoms with E-state index in [2.05, 4.69) is 0 Å². The maximum atomic E-state index is 13.6. The molecule has 0 fully saturated rings. The zero-order valence-electron chi connectivity index (χ0n) is 10.6. The fraction of sp³-hybridized carbons (Fsp3) is 0.417. The van der Waals surface area contributed by atoms with E-state index in [1.54, 1.807) is 20.8 Å². The second-order valence-corrected chi connectivity index (χ2v) is 4.84. The van der Waals surface area contributed by atoms with Gasteiger partial charge in [-0.3, -0.25) is 5.32 Å². The molecular weight excluding hydrogens is 244 g/mol. The Morgan fingerprint density at radius 2 is 1.94 bits per heavy atom. The minimum absolute atomic E-state index is 0.0311. The molecular formula is C12H15F2NO3. The maximum Gasteiger partial charge on any atom is 0.412 e. The van der Waals surface area contributed by atoms with Crippen molar-refractivity contribution in [1.82, 2.24) is 0 Å². The molecule has 0 aliphatic rings. The molecule has 0 radical (unpaired) electrons. The molecule has 0 aromatic heterocycles. The normalized spacial score (nSPS) is 11.2. The zero-order chi connectivity index (χ0) is 14.1. The molecule has 6 heteroatoms. The summed E-state index contributed by atoms with van der Waals surface area (Å²) in [5.41, 5.74) is -1.43. The van der Waals surface area contributed by atoms with Crippen molar-refractivity contribution in [3.63, 3.8) is 0 Å². The van der Waals surface area contributed by atoms with E-state index in [4.69, 9.17) is 4.74 Å². The molecule has 2 N–H and O–H groups in total. The number of ether oxygens (including phenoxy) is 1. The summed E-state index contributed by atoms with van der Waals surface area (Å²) in [7, 11) is 0. The smallest absolute Gasteiger partial charge is 0.412 e. The molecule has 100 valence electrons. The summed E-state index contributed by atoms with van der Waals surface area (Å²) in [5.74, 6) is -2.87. The number of nitrogens with one attached hydrogen (secondary N) is 1. The Labute approximate surface area is 104 Å². The predicted molar refractivity (Wildman–Crippen MR) is 62.6 cm³/mol. The first-order chi connectivity index (χ1) is 8.11. The second kappa shape index (κ2) is 4.80. The number of hydrogen-bond donors (Lipinski definition) is 2. The lowest BCUT2D eigenvalue weighted by atomic mass is 10.2. The number of aryl methyl sites for hydroxylation is 1. The lowest BCUT2D eigenvalue weighted by Gasteiger charge is -2.20. The van der Waals surface area contributed by atoms with Crippen LogP contribution in [-0.2, 0) is 4.74 Å². The summed E-state index contributed by atoms with van der Waals surface area (Å²) in [6.45, 7) is 6.19. The minimum Gasteiger partial charge on any atom is -0.503 e. The lowest BCUT2D eigenvalue weighted by molar-refractivity contribution is 0.0634. The molecule has 0 bridgehead atoms. The Kier molecular flexibility index (Phi) is 3.79. The highest BCUT2D eigenvalue weighted by molar-refractivity contribution is 5.87. The molecule has 0 unspecified atom stereocenters. The van der Waals surface area contributed by atoms with Gasteiger partial charge in [0.2, 0.25) is 0 Å². The number of hydrogen-bond acceptors (Lipinski definition) is 3. The summed E-state index contributed by atoms with van der Waals surface area (Å²) in [6.07, 6.45) is -0.971. The summed E-state index contributed by atoms with van der Waals surface area (Å²) >= 11 is 0. The highest BCUT2D eigenvalue weighted by atomic mass is 19.1. The zero-order valence-corrected chi connectivity index (χ0v) is 10.6. The second-order valence-electron chi connectivity index (χ2n) is 4.84. The van der Waals surface area contributed by atoms with E-state index in [-0.39, 0.29) is 5.56 Å². The predicted octanol–water partition coefficient (Wildman–Crippen LogP) is 3.33. The molecule has 4 nitrogen and oxygen atoms in total. The van der Waals surface area contributed by atoms with Gasteiger partial charge in [0.05, 0.1) is 0 Å². The standard InChI is InChI=1S/C12H15F2NO3/c1-6-5-7(13)10(16)9(8(6)14)15-11(17)18-12(2,3)4/h5,16H,1-4H3,(H,15,17). The molecule has 0 heterocycles. The summed E-state index contributed by atoms with van der Waals surface area (Å²) < 4.78 is 31.7. The first-order valence-electron chi connectivity index (χ1n) is 5.29. The van der Waals surface area contributed by atoms with Gasteiger partial charge >= 0.3 is 6.09 Å². The highest BCUT2D eigenvalue weighted by Gasteiger charge is 2.21. The van der Waals surface area contributed by atoms with Crippen molar-refractivity contribution in [3.05, 3.63) is 23.3 Å². The van der Waals surface area contributed by atoms with Crippen LogP contribution in [0, 0.1) is 18.6 Å². The average molecular weight is 259 g/mol. The quantitative estimate of drug-likeness (QED) is 0.760. The van der Waals surface area contributed by atoms with Crippen LogP contribution >= 0.6 is 0 Å². The van der Waals surface area contributed by atoms with E-state index >= 15 is 0 Å². The van der Waals surface area contributed by atoms with Gasteiger partial charge in [0.1, 0.15) is 11.3 Å². The number of rotatable bonds is 1. The van der Waals surface area contributed by atoms with E-state index in [0.717, 1.165) is 6.07 Å². The Morgan fingerprint density at radius 1 is 1.39 bits per heavy atom. The molecule has 0 spiro atoms. The van der Waals surface area contributed by atoms with Crippen LogP contribution in [0.5, 0.6) is 5.75 Å². The molecule has 1 rings (SSSR count). The number of anilines is 1. The third-order valence-electron chi connectivity index (χ3n) is 2.00. The number of halogens is 2. The van der Waals surface area contributed by atoms with Crippen LogP contribution in [0.4, 0.5) is 19.3 Å². The Bertz CT molecular complexity index is 455. The van der Waals surface area contributed by atoms with Gasteiger partial charge < -0.3 is 9.84 Å². The molecule has 1 amide bonds. The summed E-state index contributed by atoms with van der Waals surface area (Å²) in [4.78, 5) is 11.4.